The summed E-state index contributed by atoms with van der Waals surface area (Å²) in [4.78, 5) is 5.63. The molecule has 0 radical (unpaired) electrons. The third-order valence-electron chi connectivity index (χ3n) is 3.30. The Morgan fingerprint density at radius 2 is 2.12 bits per heavy atom. The van der Waals surface area contributed by atoms with Crippen LogP contribution in [-0.2, 0) is 6.54 Å². The van der Waals surface area contributed by atoms with E-state index in [0.717, 1.165) is 13.1 Å². The molecule has 1 aromatic rings. The minimum Gasteiger partial charge on any atom is -0.310 e. The van der Waals surface area contributed by atoms with Crippen LogP contribution in [0.3, 0.4) is 0 Å². The van der Waals surface area contributed by atoms with Crippen LogP contribution in [0.15, 0.2) is 5.51 Å². The Labute approximate surface area is 107 Å². The molecular formula is C12H22N2S2. The van der Waals surface area contributed by atoms with Crippen molar-refractivity contribution >= 4 is 23.1 Å². The molecule has 0 aliphatic rings. The van der Waals surface area contributed by atoms with E-state index < -0.39 is 0 Å². The summed E-state index contributed by atoms with van der Waals surface area (Å²) in [5, 5.41) is 3.57. The lowest BCUT2D eigenvalue weighted by molar-refractivity contribution is 0.496. The highest BCUT2D eigenvalue weighted by atomic mass is 32.2. The number of nitrogens with zero attached hydrogens (tertiary/aromatic N) is 1. The average Bonchev–Trinajstić information content (AvgIpc) is 2.71. The maximum atomic E-state index is 4.27. The summed E-state index contributed by atoms with van der Waals surface area (Å²) in [5.41, 5.74) is 3.09. The Bertz CT molecular complexity index is 297. The van der Waals surface area contributed by atoms with Crippen LogP contribution >= 0.6 is 23.1 Å². The first-order chi connectivity index (χ1) is 7.67. The number of thiazole rings is 1. The zero-order chi connectivity index (χ0) is 12.0. The Balaban J connectivity index is 2.42. The molecule has 0 aromatic carbocycles. The lowest BCUT2D eigenvalue weighted by atomic mass is 10.0. The molecule has 0 unspecified atom stereocenters. The number of thioether (sulfide) groups is 1. The molecular weight excluding hydrogens is 236 g/mol. The first-order valence-electron chi connectivity index (χ1n) is 5.82. The molecule has 0 amide bonds. The third kappa shape index (κ3) is 3.47. The van der Waals surface area contributed by atoms with Crippen LogP contribution in [0, 0.1) is 6.92 Å². The molecule has 1 aromatic heterocycles. The summed E-state index contributed by atoms with van der Waals surface area (Å²) in [5.74, 6) is 0. The zero-order valence-electron chi connectivity index (χ0n) is 10.7. The van der Waals surface area contributed by atoms with Crippen molar-refractivity contribution in [1.29, 1.82) is 0 Å². The lowest BCUT2D eigenvalue weighted by Crippen LogP contribution is -2.36. The standard InChI is InChI=1S/C12H22N2S2/c1-5-12(6-2,15-4)8-13-7-11-10(3)14-9-16-11/h9,13H,5-8H2,1-4H3. The fourth-order valence-corrected chi connectivity index (χ4v) is 3.33. The van der Waals surface area contributed by atoms with E-state index in [1.54, 1.807) is 11.3 Å². The molecule has 0 saturated carbocycles. The molecule has 1 N–H and O–H groups in total. The number of nitrogens with one attached hydrogen (secondary N) is 1. The SMILES string of the molecule is CCC(CC)(CNCc1scnc1C)SC. The number of rotatable bonds is 7. The smallest absolute Gasteiger partial charge is 0.0798 e. The largest absolute Gasteiger partial charge is 0.310 e. The predicted octanol–water partition coefficient (Wildman–Crippen LogP) is 3.46. The van der Waals surface area contributed by atoms with Crippen LogP contribution in [-0.4, -0.2) is 22.5 Å². The summed E-state index contributed by atoms with van der Waals surface area (Å²) in [6.07, 6.45) is 4.66. The van der Waals surface area contributed by atoms with E-state index in [4.69, 9.17) is 0 Å². The van der Waals surface area contributed by atoms with Crippen molar-refractivity contribution in [2.24, 2.45) is 0 Å². The first kappa shape index (κ1) is 14.0. The van der Waals surface area contributed by atoms with Crippen molar-refractivity contribution in [1.82, 2.24) is 10.3 Å². The van der Waals surface area contributed by atoms with Crippen LogP contribution in [0.25, 0.3) is 0 Å². The Morgan fingerprint density at radius 1 is 1.44 bits per heavy atom. The fraction of sp³-hybridized carbons (Fsp3) is 0.750. The van der Waals surface area contributed by atoms with Crippen LogP contribution < -0.4 is 5.32 Å². The Hall–Kier alpha value is -0.0600. The molecule has 0 bridgehead atoms. The van der Waals surface area contributed by atoms with Gasteiger partial charge in [-0.25, -0.2) is 4.98 Å². The van der Waals surface area contributed by atoms with E-state index >= 15 is 0 Å². The quantitative estimate of drug-likeness (QED) is 0.810. The van der Waals surface area contributed by atoms with Crippen molar-refractivity contribution in [2.45, 2.75) is 44.9 Å². The maximum absolute atomic E-state index is 4.27. The highest BCUT2D eigenvalue weighted by molar-refractivity contribution is 8.00. The van der Waals surface area contributed by atoms with Crippen molar-refractivity contribution in [3.63, 3.8) is 0 Å². The van der Waals surface area contributed by atoms with Gasteiger partial charge in [0.05, 0.1) is 11.2 Å². The van der Waals surface area contributed by atoms with Gasteiger partial charge >= 0.3 is 0 Å². The Kier molecular flexibility index (Phi) is 5.79. The monoisotopic (exact) mass is 258 g/mol. The molecule has 92 valence electrons. The van der Waals surface area contributed by atoms with E-state index in [-0.39, 0.29) is 0 Å². The molecule has 4 heteroatoms. The molecule has 1 rings (SSSR count). The van der Waals surface area contributed by atoms with Gasteiger partial charge in [-0.3, -0.25) is 0 Å². The van der Waals surface area contributed by atoms with Gasteiger partial charge in [0.25, 0.3) is 0 Å². The second kappa shape index (κ2) is 6.62. The summed E-state index contributed by atoms with van der Waals surface area (Å²) >= 11 is 3.73. The van der Waals surface area contributed by atoms with Crippen LogP contribution in [0.1, 0.15) is 37.3 Å². The highest BCUT2D eigenvalue weighted by Crippen LogP contribution is 2.29. The van der Waals surface area contributed by atoms with Crippen molar-refractivity contribution in [3.8, 4) is 0 Å². The third-order valence-corrected chi connectivity index (χ3v) is 5.82. The molecule has 0 fully saturated rings. The average molecular weight is 258 g/mol. The molecule has 1 heterocycles. The predicted molar refractivity (Wildman–Crippen MR) is 75.4 cm³/mol. The maximum Gasteiger partial charge on any atom is 0.0798 e. The fourth-order valence-electron chi connectivity index (χ4n) is 1.76. The molecule has 2 nitrogen and oxygen atoms in total. The topological polar surface area (TPSA) is 24.9 Å². The molecule has 0 saturated heterocycles. The second-order valence-electron chi connectivity index (χ2n) is 4.06. The first-order valence-corrected chi connectivity index (χ1v) is 7.92. The normalized spacial score (nSPS) is 12.0. The van der Waals surface area contributed by atoms with Crippen LogP contribution in [0.4, 0.5) is 0 Å². The second-order valence-corrected chi connectivity index (χ2v) is 6.27. The number of hydrogen-bond acceptors (Lipinski definition) is 4. The van der Waals surface area contributed by atoms with Crippen LogP contribution in [0.5, 0.6) is 0 Å². The van der Waals surface area contributed by atoms with Crippen molar-refractivity contribution < 1.29 is 0 Å². The number of aromatic nitrogens is 1. The van der Waals surface area contributed by atoms with E-state index in [1.165, 1.54) is 23.4 Å². The van der Waals surface area contributed by atoms with Gasteiger partial charge in [0.1, 0.15) is 0 Å². The van der Waals surface area contributed by atoms with E-state index in [9.17, 15) is 0 Å². The van der Waals surface area contributed by atoms with Gasteiger partial charge in [-0.2, -0.15) is 11.8 Å². The zero-order valence-corrected chi connectivity index (χ0v) is 12.3. The summed E-state index contributed by atoms with van der Waals surface area (Å²) < 4.78 is 0.401. The van der Waals surface area contributed by atoms with Crippen molar-refractivity contribution in [3.05, 3.63) is 16.1 Å². The van der Waals surface area contributed by atoms with Gasteiger partial charge in [0.2, 0.25) is 0 Å². The lowest BCUT2D eigenvalue weighted by Gasteiger charge is -2.29. The van der Waals surface area contributed by atoms with Gasteiger partial charge in [0, 0.05) is 22.7 Å². The summed E-state index contributed by atoms with van der Waals surface area (Å²) in [6.45, 7) is 8.67. The number of aryl methyl sites for hydroxylation is 1. The minimum absolute atomic E-state index is 0.401. The molecule has 0 aliphatic carbocycles. The van der Waals surface area contributed by atoms with Gasteiger partial charge in [-0.1, -0.05) is 13.8 Å². The summed E-state index contributed by atoms with van der Waals surface area (Å²) in [6, 6.07) is 0. The van der Waals surface area contributed by atoms with Crippen molar-refractivity contribution in [2.75, 3.05) is 12.8 Å². The molecule has 0 aliphatic heterocycles. The number of hydrogen-bond donors (Lipinski definition) is 1. The molecule has 16 heavy (non-hydrogen) atoms. The van der Waals surface area contributed by atoms with Gasteiger partial charge in [-0.05, 0) is 26.0 Å². The van der Waals surface area contributed by atoms with E-state index in [2.05, 4.69) is 37.3 Å². The molecule has 0 atom stereocenters. The van der Waals surface area contributed by atoms with Crippen LogP contribution in [0.2, 0.25) is 0 Å². The van der Waals surface area contributed by atoms with E-state index in [0.29, 0.717) is 4.75 Å². The van der Waals surface area contributed by atoms with E-state index in [1.807, 2.05) is 17.3 Å². The molecule has 0 spiro atoms. The minimum atomic E-state index is 0.401. The Morgan fingerprint density at radius 3 is 2.56 bits per heavy atom. The van der Waals surface area contributed by atoms with Gasteiger partial charge < -0.3 is 5.32 Å². The highest BCUT2D eigenvalue weighted by Gasteiger charge is 2.24. The van der Waals surface area contributed by atoms with Gasteiger partial charge in [-0.15, -0.1) is 11.3 Å². The van der Waals surface area contributed by atoms with Gasteiger partial charge in [0.15, 0.2) is 0 Å². The summed E-state index contributed by atoms with van der Waals surface area (Å²) in [7, 11) is 0.